The lowest BCUT2D eigenvalue weighted by atomic mass is 10.1. The Labute approximate surface area is 151 Å². The van der Waals surface area contributed by atoms with E-state index < -0.39 is 10.0 Å². The second-order valence-corrected chi connectivity index (χ2v) is 7.97. The second-order valence-electron chi connectivity index (χ2n) is 6.19. The van der Waals surface area contributed by atoms with Crippen molar-refractivity contribution in [1.82, 2.24) is 4.72 Å². The van der Waals surface area contributed by atoms with Gasteiger partial charge in [0.1, 0.15) is 0 Å². The Morgan fingerprint density at radius 1 is 1.12 bits per heavy atom. The highest BCUT2D eigenvalue weighted by Gasteiger charge is 2.17. The molecule has 0 saturated carbocycles. The van der Waals surface area contributed by atoms with E-state index in [0.29, 0.717) is 6.54 Å². The third-order valence-electron chi connectivity index (χ3n) is 4.06. The number of sulfonamides is 1. The van der Waals surface area contributed by atoms with E-state index >= 15 is 0 Å². The molecule has 0 fully saturated rings. The van der Waals surface area contributed by atoms with E-state index in [2.05, 4.69) is 35.2 Å². The summed E-state index contributed by atoms with van der Waals surface area (Å²) in [5, 5.41) is 3.45. The first kappa shape index (κ1) is 19.3. The first-order valence-electron chi connectivity index (χ1n) is 8.42. The lowest BCUT2D eigenvalue weighted by molar-refractivity contribution is 0.555. The van der Waals surface area contributed by atoms with Gasteiger partial charge in [0.15, 0.2) is 0 Å². The number of nitrogens with zero attached hydrogens (tertiary/aromatic N) is 1. The van der Waals surface area contributed by atoms with Crippen molar-refractivity contribution >= 4 is 21.4 Å². The maximum Gasteiger partial charge on any atom is 0.210 e. The van der Waals surface area contributed by atoms with Crippen LogP contribution in [0.2, 0.25) is 0 Å². The molecule has 0 aliphatic heterocycles. The molecule has 0 aliphatic rings. The number of benzene rings is 2. The van der Waals surface area contributed by atoms with Crippen molar-refractivity contribution in [3.8, 4) is 0 Å². The summed E-state index contributed by atoms with van der Waals surface area (Å²) in [4.78, 5) is 2.02. The van der Waals surface area contributed by atoms with Crippen LogP contribution in [-0.2, 0) is 16.6 Å². The van der Waals surface area contributed by atoms with Crippen LogP contribution < -0.4 is 14.9 Å². The van der Waals surface area contributed by atoms with E-state index in [-0.39, 0.29) is 6.17 Å². The summed E-state index contributed by atoms with van der Waals surface area (Å²) in [6.45, 7) is 7.39. The third kappa shape index (κ3) is 5.76. The minimum Gasteiger partial charge on any atom is -0.381 e. The second kappa shape index (κ2) is 8.36. The van der Waals surface area contributed by atoms with E-state index in [1.54, 1.807) is 0 Å². The first-order chi connectivity index (χ1) is 11.8. The maximum absolute atomic E-state index is 11.5. The van der Waals surface area contributed by atoms with Crippen molar-refractivity contribution in [3.63, 3.8) is 0 Å². The van der Waals surface area contributed by atoms with Crippen molar-refractivity contribution in [1.29, 1.82) is 0 Å². The molecule has 5 nitrogen and oxygen atoms in total. The Bertz CT molecular complexity index is 792. The van der Waals surface area contributed by atoms with E-state index in [0.717, 1.165) is 23.5 Å². The molecule has 2 aromatic rings. The van der Waals surface area contributed by atoms with Crippen LogP contribution >= 0.6 is 0 Å². The number of rotatable bonds is 8. The van der Waals surface area contributed by atoms with Gasteiger partial charge in [0.25, 0.3) is 0 Å². The molecule has 0 aromatic heterocycles. The molecule has 0 aliphatic carbocycles. The van der Waals surface area contributed by atoms with Crippen molar-refractivity contribution < 1.29 is 8.42 Å². The number of hydrogen-bond acceptors (Lipinski definition) is 4. The van der Waals surface area contributed by atoms with Gasteiger partial charge < -0.3 is 10.2 Å². The smallest absolute Gasteiger partial charge is 0.210 e. The average Bonchev–Trinajstić information content (AvgIpc) is 2.54. The Hall–Kier alpha value is -2.05. The number of hydrogen-bond donors (Lipinski definition) is 2. The standard InChI is InChI=1S/C19H27N3O2S/c1-5-22(16(3)21-25(4,23)24)18-11-12-19(15(2)13-18)20-14-17-9-7-6-8-10-17/h6-13,16,20-21H,5,14H2,1-4H3. The van der Waals surface area contributed by atoms with Crippen molar-refractivity contribution in [2.24, 2.45) is 0 Å². The normalized spacial score (nSPS) is 12.6. The van der Waals surface area contributed by atoms with Gasteiger partial charge in [-0.05, 0) is 50.1 Å². The minimum absolute atomic E-state index is 0.303. The highest BCUT2D eigenvalue weighted by molar-refractivity contribution is 7.88. The molecule has 25 heavy (non-hydrogen) atoms. The molecular formula is C19H27N3O2S. The summed E-state index contributed by atoms with van der Waals surface area (Å²) in [6.07, 6.45) is 0.877. The van der Waals surface area contributed by atoms with E-state index in [9.17, 15) is 8.42 Å². The summed E-state index contributed by atoms with van der Waals surface area (Å²) >= 11 is 0. The monoisotopic (exact) mass is 361 g/mol. The van der Waals surface area contributed by atoms with Crippen molar-refractivity contribution in [2.45, 2.75) is 33.5 Å². The summed E-state index contributed by atoms with van der Waals surface area (Å²) < 4.78 is 25.6. The largest absolute Gasteiger partial charge is 0.381 e. The van der Waals surface area contributed by atoms with Crippen LogP contribution in [0.5, 0.6) is 0 Å². The number of nitrogens with one attached hydrogen (secondary N) is 2. The molecule has 0 heterocycles. The highest BCUT2D eigenvalue weighted by Crippen LogP contribution is 2.24. The zero-order valence-electron chi connectivity index (χ0n) is 15.3. The summed E-state index contributed by atoms with van der Waals surface area (Å²) in [5.74, 6) is 0. The highest BCUT2D eigenvalue weighted by atomic mass is 32.2. The van der Waals surface area contributed by atoms with Crippen LogP contribution in [0.25, 0.3) is 0 Å². The van der Waals surface area contributed by atoms with E-state index in [4.69, 9.17) is 0 Å². The Morgan fingerprint density at radius 2 is 1.80 bits per heavy atom. The molecule has 0 amide bonds. The molecule has 136 valence electrons. The van der Waals surface area contributed by atoms with Gasteiger partial charge in [0.2, 0.25) is 10.0 Å². The SMILES string of the molecule is CCN(c1ccc(NCc2ccccc2)c(C)c1)C(C)NS(C)(=O)=O. The first-order valence-corrected chi connectivity index (χ1v) is 10.3. The minimum atomic E-state index is -3.25. The Kier molecular flexibility index (Phi) is 6.45. The zero-order chi connectivity index (χ0) is 18.4. The molecule has 0 saturated heterocycles. The third-order valence-corrected chi connectivity index (χ3v) is 4.83. The fourth-order valence-electron chi connectivity index (χ4n) is 2.87. The van der Waals surface area contributed by atoms with Crippen LogP contribution in [0.1, 0.15) is 25.0 Å². The van der Waals surface area contributed by atoms with Crippen molar-refractivity contribution in [2.75, 3.05) is 23.0 Å². The van der Waals surface area contributed by atoms with Gasteiger partial charge in [-0.3, -0.25) is 0 Å². The predicted octanol–water partition coefficient (Wildman–Crippen LogP) is 3.33. The number of aryl methyl sites for hydroxylation is 1. The molecular weight excluding hydrogens is 334 g/mol. The van der Waals surface area contributed by atoms with Crippen molar-refractivity contribution in [3.05, 3.63) is 59.7 Å². The van der Waals surface area contributed by atoms with E-state index in [1.165, 1.54) is 11.8 Å². The lowest BCUT2D eigenvalue weighted by Gasteiger charge is -2.30. The van der Waals surface area contributed by atoms with Crippen LogP contribution in [0.4, 0.5) is 11.4 Å². The number of anilines is 2. The molecule has 2 rings (SSSR count). The molecule has 0 radical (unpaired) electrons. The average molecular weight is 362 g/mol. The Morgan fingerprint density at radius 3 is 2.36 bits per heavy atom. The fourth-order valence-corrected chi connectivity index (χ4v) is 3.62. The summed E-state index contributed by atoms with van der Waals surface area (Å²) in [6, 6.07) is 16.4. The molecule has 2 aromatic carbocycles. The topological polar surface area (TPSA) is 61.4 Å². The molecule has 2 N–H and O–H groups in total. The maximum atomic E-state index is 11.5. The summed E-state index contributed by atoms with van der Waals surface area (Å²) in [5.41, 5.74) is 4.42. The van der Waals surface area contributed by atoms with Crippen LogP contribution in [0.3, 0.4) is 0 Å². The zero-order valence-corrected chi connectivity index (χ0v) is 16.1. The van der Waals surface area contributed by atoms with Gasteiger partial charge >= 0.3 is 0 Å². The predicted molar refractivity (Wildman–Crippen MR) is 105 cm³/mol. The quantitative estimate of drug-likeness (QED) is 0.708. The fraction of sp³-hybridized carbons (Fsp3) is 0.368. The van der Waals surface area contributed by atoms with Gasteiger partial charge in [0.05, 0.1) is 12.4 Å². The molecule has 0 spiro atoms. The molecule has 1 atom stereocenters. The van der Waals surface area contributed by atoms with E-state index in [1.807, 2.05) is 49.1 Å². The van der Waals surface area contributed by atoms with Crippen LogP contribution in [0.15, 0.2) is 48.5 Å². The van der Waals surface area contributed by atoms with Gasteiger partial charge in [0, 0.05) is 24.5 Å². The van der Waals surface area contributed by atoms with Gasteiger partial charge in [-0.25, -0.2) is 8.42 Å². The lowest BCUT2D eigenvalue weighted by Crippen LogP contribution is -2.46. The molecule has 1 unspecified atom stereocenters. The molecule has 0 bridgehead atoms. The summed E-state index contributed by atoms with van der Waals surface area (Å²) in [7, 11) is -3.25. The van der Waals surface area contributed by atoms with Gasteiger partial charge in [-0.2, -0.15) is 4.72 Å². The van der Waals surface area contributed by atoms with Gasteiger partial charge in [-0.1, -0.05) is 30.3 Å². The Balaban J connectivity index is 2.11. The van der Waals surface area contributed by atoms with Crippen LogP contribution in [-0.4, -0.2) is 27.4 Å². The van der Waals surface area contributed by atoms with Gasteiger partial charge in [-0.15, -0.1) is 0 Å². The van der Waals surface area contributed by atoms with Crippen LogP contribution in [0, 0.1) is 6.92 Å². The molecule has 6 heteroatoms.